The van der Waals surface area contributed by atoms with Crippen LogP contribution in [0.4, 0.5) is 9.18 Å². The van der Waals surface area contributed by atoms with E-state index in [2.05, 4.69) is 24.1 Å². The number of hydrogen-bond donors (Lipinski definition) is 1. The largest absolute Gasteiger partial charge is 0.493 e. The molecule has 1 aliphatic heterocycles. The van der Waals surface area contributed by atoms with Crippen LogP contribution in [-0.4, -0.2) is 48.6 Å². The number of carbonyl (C=O) groups excluding carboxylic acids is 1. The lowest BCUT2D eigenvalue weighted by atomic mass is 10.2. The molecule has 0 unspecified atom stereocenters. The summed E-state index contributed by atoms with van der Waals surface area (Å²) in [5.74, 6) is 1.05. The molecule has 1 heterocycles. The molecular weight excluding hydrogens is 393 g/mol. The third-order valence-electron chi connectivity index (χ3n) is 5.41. The quantitative estimate of drug-likeness (QED) is 0.599. The van der Waals surface area contributed by atoms with Crippen molar-refractivity contribution in [1.82, 2.24) is 15.1 Å². The molecular formula is C25H34FN3O2. The SMILES string of the molecule is CC(C)COc1ccc(CNC(=O)N(CCN2CCCC2)Cc2ccc(F)cc2)cc1. The normalized spacial score (nSPS) is 14.1. The molecule has 1 fully saturated rings. The van der Waals surface area contributed by atoms with Crippen molar-refractivity contribution in [3.8, 4) is 5.75 Å². The number of amides is 2. The van der Waals surface area contributed by atoms with Crippen LogP contribution in [0.5, 0.6) is 5.75 Å². The van der Waals surface area contributed by atoms with Gasteiger partial charge in [0.15, 0.2) is 0 Å². The Hall–Kier alpha value is -2.60. The lowest BCUT2D eigenvalue weighted by Crippen LogP contribution is -2.43. The van der Waals surface area contributed by atoms with Crippen molar-refractivity contribution in [2.24, 2.45) is 5.92 Å². The Kier molecular flexibility index (Phi) is 8.71. The highest BCUT2D eigenvalue weighted by Gasteiger charge is 2.17. The van der Waals surface area contributed by atoms with Crippen molar-refractivity contribution < 1.29 is 13.9 Å². The van der Waals surface area contributed by atoms with E-state index in [4.69, 9.17) is 4.74 Å². The molecule has 5 nitrogen and oxygen atoms in total. The van der Waals surface area contributed by atoms with E-state index in [1.165, 1.54) is 25.0 Å². The summed E-state index contributed by atoms with van der Waals surface area (Å²) in [6.45, 7) is 9.52. The van der Waals surface area contributed by atoms with Crippen LogP contribution in [0.15, 0.2) is 48.5 Å². The van der Waals surface area contributed by atoms with E-state index >= 15 is 0 Å². The van der Waals surface area contributed by atoms with Crippen molar-refractivity contribution in [1.29, 1.82) is 0 Å². The fourth-order valence-corrected chi connectivity index (χ4v) is 3.59. The Bertz CT molecular complexity index is 803. The summed E-state index contributed by atoms with van der Waals surface area (Å²) in [5, 5.41) is 3.03. The average molecular weight is 428 g/mol. The van der Waals surface area contributed by atoms with Crippen molar-refractivity contribution in [2.75, 3.05) is 32.8 Å². The third-order valence-corrected chi connectivity index (χ3v) is 5.41. The molecule has 1 N–H and O–H groups in total. The zero-order valence-corrected chi connectivity index (χ0v) is 18.6. The van der Waals surface area contributed by atoms with Crippen LogP contribution in [0, 0.1) is 11.7 Å². The Morgan fingerprint density at radius 1 is 1.06 bits per heavy atom. The van der Waals surface area contributed by atoms with E-state index in [1.807, 2.05) is 29.2 Å². The maximum atomic E-state index is 13.3. The molecule has 1 saturated heterocycles. The second kappa shape index (κ2) is 11.7. The van der Waals surface area contributed by atoms with Gasteiger partial charge >= 0.3 is 6.03 Å². The number of benzene rings is 2. The third kappa shape index (κ3) is 7.87. The molecule has 168 valence electrons. The van der Waals surface area contributed by atoms with E-state index < -0.39 is 0 Å². The number of nitrogens with one attached hydrogen (secondary N) is 1. The second-order valence-corrected chi connectivity index (χ2v) is 8.60. The molecule has 0 bridgehead atoms. The van der Waals surface area contributed by atoms with Gasteiger partial charge in [0, 0.05) is 26.2 Å². The summed E-state index contributed by atoms with van der Waals surface area (Å²) < 4.78 is 19.0. The van der Waals surface area contributed by atoms with Gasteiger partial charge in [-0.2, -0.15) is 0 Å². The van der Waals surface area contributed by atoms with E-state index in [-0.39, 0.29) is 11.8 Å². The topological polar surface area (TPSA) is 44.8 Å². The molecule has 31 heavy (non-hydrogen) atoms. The van der Waals surface area contributed by atoms with Gasteiger partial charge in [-0.25, -0.2) is 9.18 Å². The standard InChI is InChI=1S/C25H34FN3O2/c1-20(2)19-31-24-11-7-21(8-12-24)17-27-25(30)29(16-15-28-13-3-4-14-28)18-22-5-9-23(26)10-6-22/h5-12,20H,3-4,13-19H2,1-2H3,(H,27,30). The number of urea groups is 1. The molecule has 0 aromatic heterocycles. The molecule has 0 saturated carbocycles. The van der Waals surface area contributed by atoms with E-state index in [0.717, 1.165) is 36.5 Å². The van der Waals surface area contributed by atoms with E-state index in [0.29, 0.717) is 32.2 Å². The van der Waals surface area contributed by atoms with Crippen LogP contribution in [0.3, 0.4) is 0 Å². The summed E-state index contributed by atoms with van der Waals surface area (Å²) in [6, 6.07) is 14.1. The predicted molar refractivity (Wildman–Crippen MR) is 121 cm³/mol. The number of hydrogen-bond acceptors (Lipinski definition) is 3. The number of halogens is 1. The first-order chi connectivity index (χ1) is 15.0. The zero-order valence-electron chi connectivity index (χ0n) is 18.6. The van der Waals surface area contributed by atoms with Gasteiger partial charge in [-0.3, -0.25) is 0 Å². The Balaban J connectivity index is 1.55. The van der Waals surface area contributed by atoms with Crippen molar-refractivity contribution in [2.45, 2.75) is 39.8 Å². The summed E-state index contributed by atoms with van der Waals surface area (Å²) in [4.78, 5) is 17.1. The minimum absolute atomic E-state index is 0.108. The monoisotopic (exact) mass is 427 g/mol. The molecule has 1 aliphatic rings. The molecule has 0 aliphatic carbocycles. The fourth-order valence-electron chi connectivity index (χ4n) is 3.59. The fraction of sp³-hybridized carbons (Fsp3) is 0.480. The van der Waals surface area contributed by atoms with Gasteiger partial charge in [0.2, 0.25) is 0 Å². The molecule has 0 atom stereocenters. The van der Waals surface area contributed by atoms with Crippen LogP contribution < -0.4 is 10.1 Å². The zero-order chi connectivity index (χ0) is 22.1. The maximum Gasteiger partial charge on any atom is 0.318 e. The van der Waals surface area contributed by atoms with Gasteiger partial charge < -0.3 is 19.9 Å². The van der Waals surface area contributed by atoms with Crippen LogP contribution in [0.2, 0.25) is 0 Å². The van der Waals surface area contributed by atoms with Crippen molar-refractivity contribution in [3.63, 3.8) is 0 Å². The number of carbonyl (C=O) groups is 1. The Labute approximate surface area is 185 Å². The molecule has 2 aromatic rings. The van der Waals surface area contributed by atoms with E-state index in [1.54, 1.807) is 12.1 Å². The summed E-state index contributed by atoms with van der Waals surface area (Å²) in [7, 11) is 0. The first-order valence-electron chi connectivity index (χ1n) is 11.2. The maximum absolute atomic E-state index is 13.3. The summed E-state index contributed by atoms with van der Waals surface area (Å²) >= 11 is 0. The molecule has 2 aromatic carbocycles. The number of likely N-dealkylation sites (tertiary alicyclic amines) is 1. The molecule has 0 spiro atoms. The smallest absolute Gasteiger partial charge is 0.318 e. The number of nitrogens with zero attached hydrogens (tertiary/aromatic N) is 2. The molecule has 6 heteroatoms. The van der Waals surface area contributed by atoms with Gasteiger partial charge in [0.1, 0.15) is 11.6 Å². The molecule has 2 amide bonds. The number of ether oxygens (including phenoxy) is 1. The van der Waals surface area contributed by atoms with Gasteiger partial charge in [-0.05, 0) is 67.2 Å². The molecule has 3 rings (SSSR count). The highest BCUT2D eigenvalue weighted by atomic mass is 19.1. The Morgan fingerprint density at radius 3 is 2.35 bits per heavy atom. The van der Waals surface area contributed by atoms with Crippen LogP contribution in [0.25, 0.3) is 0 Å². The van der Waals surface area contributed by atoms with Crippen LogP contribution >= 0.6 is 0 Å². The minimum atomic E-state index is -0.266. The van der Waals surface area contributed by atoms with Gasteiger partial charge in [0.05, 0.1) is 6.61 Å². The van der Waals surface area contributed by atoms with E-state index in [9.17, 15) is 9.18 Å². The van der Waals surface area contributed by atoms with Crippen LogP contribution in [-0.2, 0) is 13.1 Å². The predicted octanol–water partition coefficient (Wildman–Crippen LogP) is 4.67. The highest BCUT2D eigenvalue weighted by Crippen LogP contribution is 2.14. The average Bonchev–Trinajstić information content (AvgIpc) is 3.29. The van der Waals surface area contributed by atoms with Gasteiger partial charge in [-0.15, -0.1) is 0 Å². The van der Waals surface area contributed by atoms with Crippen LogP contribution in [0.1, 0.15) is 37.8 Å². The van der Waals surface area contributed by atoms with Crippen molar-refractivity contribution in [3.05, 3.63) is 65.5 Å². The minimum Gasteiger partial charge on any atom is -0.493 e. The van der Waals surface area contributed by atoms with Gasteiger partial charge in [0.25, 0.3) is 0 Å². The second-order valence-electron chi connectivity index (χ2n) is 8.60. The summed E-state index contributed by atoms with van der Waals surface area (Å²) in [5.41, 5.74) is 1.94. The molecule has 0 radical (unpaired) electrons. The highest BCUT2D eigenvalue weighted by molar-refractivity contribution is 5.74. The van der Waals surface area contributed by atoms with Gasteiger partial charge in [-0.1, -0.05) is 38.1 Å². The lowest BCUT2D eigenvalue weighted by molar-refractivity contribution is 0.184. The Morgan fingerprint density at radius 2 is 1.71 bits per heavy atom. The number of rotatable bonds is 10. The first-order valence-corrected chi connectivity index (χ1v) is 11.2. The lowest BCUT2D eigenvalue weighted by Gasteiger charge is -2.26. The van der Waals surface area contributed by atoms with Crippen molar-refractivity contribution >= 4 is 6.03 Å². The summed E-state index contributed by atoms with van der Waals surface area (Å²) in [6.07, 6.45) is 2.45. The first kappa shape index (κ1) is 23.1.